The number of carbonyl (C=O) groups is 1. The Hall–Kier alpha value is -2.33. The highest BCUT2D eigenvalue weighted by atomic mass is 32.2. The van der Waals surface area contributed by atoms with Gasteiger partial charge in [0.1, 0.15) is 0 Å². The summed E-state index contributed by atoms with van der Waals surface area (Å²) in [5.41, 5.74) is 2.43. The van der Waals surface area contributed by atoms with Crippen LogP contribution in [0.1, 0.15) is 56.5 Å². The third kappa shape index (κ3) is 6.32. The third-order valence-electron chi connectivity index (χ3n) is 6.30. The van der Waals surface area contributed by atoms with Crippen LogP contribution in [0.4, 0.5) is 5.13 Å². The zero-order valence-electron chi connectivity index (χ0n) is 22.0. The molecule has 1 amide bonds. The van der Waals surface area contributed by atoms with Gasteiger partial charge >= 0.3 is 0 Å². The monoisotopic (exact) mass is 530 g/mol. The first-order valence-electron chi connectivity index (χ1n) is 12.8. The van der Waals surface area contributed by atoms with Crippen molar-refractivity contribution in [1.82, 2.24) is 14.2 Å². The molecule has 3 aromatic rings. The molecule has 0 N–H and O–H groups in total. The van der Waals surface area contributed by atoms with E-state index >= 15 is 0 Å². The van der Waals surface area contributed by atoms with E-state index < -0.39 is 10.0 Å². The molecule has 0 bridgehead atoms. The van der Waals surface area contributed by atoms with Gasteiger partial charge in [-0.25, -0.2) is 13.4 Å². The van der Waals surface area contributed by atoms with Crippen molar-refractivity contribution in [3.05, 3.63) is 53.6 Å². The highest BCUT2D eigenvalue weighted by Gasteiger charge is 2.25. The van der Waals surface area contributed by atoms with Crippen LogP contribution in [0.25, 0.3) is 10.2 Å². The van der Waals surface area contributed by atoms with Gasteiger partial charge in [-0.1, -0.05) is 51.2 Å². The van der Waals surface area contributed by atoms with E-state index in [9.17, 15) is 13.2 Å². The summed E-state index contributed by atoms with van der Waals surface area (Å²) in [6.07, 6.45) is 1.50. The molecule has 9 heteroatoms. The van der Waals surface area contributed by atoms with Crippen LogP contribution in [-0.2, 0) is 10.0 Å². The molecule has 2 aromatic carbocycles. The molecule has 1 heterocycles. The lowest BCUT2D eigenvalue weighted by atomic mass is 10.2. The molecule has 0 aliphatic rings. The van der Waals surface area contributed by atoms with Crippen LogP contribution in [0.5, 0.6) is 0 Å². The number of hydrogen-bond acceptors (Lipinski definition) is 6. The summed E-state index contributed by atoms with van der Waals surface area (Å²) in [5, 5.41) is 0.658. The van der Waals surface area contributed by atoms with E-state index in [-0.39, 0.29) is 10.8 Å². The largest absolute Gasteiger partial charge is 0.302 e. The molecule has 36 heavy (non-hydrogen) atoms. The van der Waals surface area contributed by atoms with Gasteiger partial charge in [-0.3, -0.25) is 9.69 Å². The Balaban J connectivity index is 1.93. The number of aromatic nitrogens is 1. The van der Waals surface area contributed by atoms with Gasteiger partial charge in [0, 0.05) is 31.7 Å². The maximum Gasteiger partial charge on any atom is 0.260 e. The lowest BCUT2D eigenvalue weighted by molar-refractivity contribution is 0.0983. The number of thiazole rings is 1. The van der Waals surface area contributed by atoms with E-state index in [0.717, 1.165) is 48.3 Å². The van der Waals surface area contributed by atoms with E-state index in [1.807, 2.05) is 39.0 Å². The number of nitrogens with zero attached hydrogens (tertiary/aromatic N) is 4. The number of para-hydroxylation sites is 1. The number of anilines is 1. The summed E-state index contributed by atoms with van der Waals surface area (Å²) in [4.78, 5) is 22.7. The number of rotatable bonds is 13. The van der Waals surface area contributed by atoms with Crippen LogP contribution >= 0.6 is 11.3 Å². The summed E-state index contributed by atoms with van der Waals surface area (Å²) in [6, 6.07) is 12.4. The molecule has 0 radical (unpaired) electrons. The van der Waals surface area contributed by atoms with Gasteiger partial charge in [0.2, 0.25) is 10.0 Å². The van der Waals surface area contributed by atoms with Crippen LogP contribution in [0.3, 0.4) is 0 Å². The number of benzene rings is 2. The molecule has 0 unspecified atom stereocenters. The van der Waals surface area contributed by atoms with E-state index in [1.165, 1.54) is 15.6 Å². The maximum absolute atomic E-state index is 13.7. The van der Waals surface area contributed by atoms with Gasteiger partial charge in [-0.15, -0.1) is 0 Å². The van der Waals surface area contributed by atoms with Gasteiger partial charge in [-0.05, 0) is 68.8 Å². The van der Waals surface area contributed by atoms with Crippen LogP contribution in [0.15, 0.2) is 47.4 Å². The highest BCUT2D eigenvalue weighted by Crippen LogP contribution is 2.31. The second kappa shape index (κ2) is 12.8. The fraction of sp³-hybridized carbons (Fsp3) is 0.481. The van der Waals surface area contributed by atoms with E-state index in [1.54, 1.807) is 29.2 Å². The highest BCUT2D eigenvalue weighted by molar-refractivity contribution is 7.89. The number of aryl methyl sites for hydroxylation is 1. The quantitative estimate of drug-likeness (QED) is 0.296. The summed E-state index contributed by atoms with van der Waals surface area (Å²) >= 11 is 1.50. The second-order valence-corrected chi connectivity index (χ2v) is 11.8. The fourth-order valence-electron chi connectivity index (χ4n) is 4.18. The van der Waals surface area contributed by atoms with E-state index in [0.29, 0.717) is 30.3 Å². The minimum atomic E-state index is -3.60. The van der Waals surface area contributed by atoms with Gasteiger partial charge in [0.05, 0.1) is 15.1 Å². The smallest absolute Gasteiger partial charge is 0.260 e. The van der Waals surface area contributed by atoms with Gasteiger partial charge in [-0.2, -0.15) is 4.31 Å². The molecule has 0 spiro atoms. The first-order valence-corrected chi connectivity index (χ1v) is 15.0. The number of likely N-dealkylation sites (N-methyl/N-ethyl adjacent to an activating group) is 1. The fourth-order valence-corrected chi connectivity index (χ4v) is 6.87. The molecular weight excluding hydrogens is 492 g/mol. The Morgan fingerprint density at radius 1 is 0.889 bits per heavy atom. The van der Waals surface area contributed by atoms with Crippen LogP contribution < -0.4 is 4.90 Å². The first kappa shape index (κ1) is 28.2. The average Bonchev–Trinajstić information content (AvgIpc) is 3.31. The Kier molecular flexibility index (Phi) is 10.0. The van der Waals surface area contributed by atoms with Crippen molar-refractivity contribution in [3.63, 3.8) is 0 Å². The summed E-state index contributed by atoms with van der Waals surface area (Å²) in [6.45, 7) is 14.2. The van der Waals surface area contributed by atoms with Crippen LogP contribution in [0, 0.1) is 6.92 Å². The molecule has 0 fully saturated rings. The lowest BCUT2D eigenvalue weighted by Crippen LogP contribution is -2.39. The van der Waals surface area contributed by atoms with Crippen molar-refractivity contribution in [1.29, 1.82) is 0 Å². The van der Waals surface area contributed by atoms with Crippen LogP contribution in [-0.4, -0.2) is 67.8 Å². The standard InChI is InChI=1S/C27H38N4O3S2/c1-6-17-30(18-7-2)36(33,34)23-15-13-22(14-16-23)26(32)31(20-19-29(8-3)9-4)27-28-25-21(5)11-10-12-24(25)35-27/h10-16H,6-9,17-20H2,1-5H3. The molecule has 0 atom stereocenters. The Labute approximate surface area is 219 Å². The second-order valence-electron chi connectivity index (χ2n) is 8.83. The minimum absolute atomic E-state index is 0.179. The Morgan fingerprint density at radius 2 is 1.53 bits per heavy atom. The molecular formula is C27H38N4O3S2. The Bertz CT molecular complexity index is 1250. The van der Waals surface area contributed by atoms with Crippen molar-refractivity contribution < 1.29 is 13.2 Å². The van der Waals surface area contributed by atoms with Crippen molar-refractivity contribution in [2.24, 2.45) is 0 Å². The minimum Gasteiger partial charge on any atom is -0.302 e. The normalized spacial score (nSPS) is 12.1. The summed E-state index contributed by atoms with van der Waals surface area (Å²) in [7, 11) is -3.60. The SMILES string of the molecule is CCCN(CCC)S(=O)(=O)c1ccc(C(=O)N(CCN(CC)CC)c2nc3c(C)cccc3s2)cc1. The average molecular weight is 531 g/mol. The molecule has 0 aliphatic carbocycles. The molecule has 0 aliphatic heterocycles. The molecule has 196 valence electrons. The van der Waals surface area contributed by atoms with Crippen LogP contribution in [0.2, 0.25) is 0 Å². The molecule has 1 aromatic heterocycles. The number of sulfonamides is 1. The van der Waals surface area contributed by atoms with E-state index in [4.69, 9.17) is 4.98 Å². The number of amides is 1. The predicted molar refractivity (Wildman–Crippen MR) is 150 cm³/mol. The number of carbonyl (C=O) groups excluding carboxylic acids is 1. The maximum atomic E-state index is 13.7. The van der Waals surface area contributed by atoms with Crippen molar-refractivity contribution in [2.45, 2.75) is 52.4 Å². The topological polar surface area (TPSA) is 73.8 Å². The number of hydrogen-bond donors (Lipinski definition) is 0. The van der Waals surface area contributed by atoms with Gasteiger partial charge in [0.15, 0.2) is 5.13 Å². The van der Waals surface area contributed by atoms with Gasteiger partial charge in [0.25, 0.3) is 5.91 Å². The van der Waals surface area contributed by atoms with Crippen molar-refractivity contribution in [3.8, 4) is 0 Å². The molecule has 0 saturated carbocycles. The van der Waals surface area contributed by atoms with Crippen molar-refractivity contribution in [2.75, 3.05) is 44.2 Å². The van der Waals surface area contributed by atoms with Gasteiger partial charge < -0.3 is 4.90 Å². The Morgan fingerprint density at radius 3 is 2.08 bits per heavy atom. The summed E-state index contributed by atoms with van der Waals surface area (Å²) in [5.74, 6) is -0.179. The third-order valence-corrected chi connectivity index (χ3v) is 9.26. The molecule has 0 saturated heterocycles. The first-order chi connectivity index (χ1) is 17.3. The van der Waals surface area contributed by atoms with E-state index in [2.05, 4.69) is 18.7 Å². The summed E-state index contributed by atoms with van der Waals surface area (Å²) < 4.78 is 28.8. The number of fused-ring (bicyclic) bond motifs is 1. The predicted octanol–water partition coefficient (Wildman–Crippen LogP) is 5.40. The molecule has 3 rings (SSSR count). The zero-order valence-corrected chi connectivity index (χ0v) is 23.7. The molecule has 7 nitrogen and oxygen atoms in total. The zero-order chi connectivity index (χ0) is 26.3. The lowest BCUT2D eigenvalue weighted by Gasteiger charge is -2.25. The van der Waals surface area contributed by atoms with Crippen molar-refractivity contribution >= 4 is 42.6 Å².